The molecule has 1 amide bonds. The van der Waals surface area contributed by atoms with Gasteiger partial charge in [-0.3, -0.25) is 9.69 Å². The van der Waals surface area contributed by atoms with E-state index in [-0.39, 0.29) is 11.9 Å². The number of halogens is 1. The van der Waals surface area contributed by atoms with Crippen LogP contribution < -0.4 is 14.8 Å². The fraction of sp³-hybridized carbons (Fsp3) is 0.588. The summed E-state index contributed by atoms with van der Waals surface area (Å²) in [6.45, 7) is 4.63. The molecule has 1 aliphatic rings. The summed E-state index contributed by atoms with van der Waals surface area (Å²) >= 11 is 3.63. The van der Waals surface area contributed by atoms with Crippen LogP contribution in [0.4, 0.5) is 0 Å². The third-order valence-corrected chi connectivity index (χ3v) is 5.02. The van der Waals surface area contributed by atoms with Gasteiger partial charge in [-0.05, 0) is 46.9 Å². The van der Waals surface area contributed by atoms with Crippen molar-refractivity contribution in [3.63, 3.8) is 0 Å². The average Bonchev–Trinajstić information content (AvgIpc) is 2.56. The number of hydrogen-bond donors (Lipinski definition) is 1. The smallest absolute Gasteiger partial charge is 0.219 e. The van der Waals surface area contributed by atoms with E-state index in [9.17, 15) is 4.79 Å². The second kappa shape index (κ2) is 8.55. The highest BCUT2D eigenvalue weighted by atomic mass is 79.9. The Bertz CT molecular complexity index is 551. The first-order valence-corrected chi connectivity index (χ1v) is 8.79. The molecule has 2 rings (SSSR count). The van der Waals surface area contributed by atoms with Gasteiger partial charge in [-0.25, -0.2) is 0 Å². The molecule has 0 spiro atoms. The largest absolute Gasteiger partial charge is 0.493 e. The molecule has 1 unspecified atom stereocenters. The molecule has 1 N–H and O–H groups in total. The normalized spacial score (nSPS) is 18.5. The van der Waals surface area contributed by atoms with Crippen LogP contribution in [0.15, 0.2) is 16.6 Å². The Morgan fingerprint density at radius 1 is 1.39 bits per heavy atom. The van der Waals surface area contributed by atoms with Gasteiger partial charge in [0.15, 0.2) is 11.5 Å². The molecule has 6 heteroatoms. The van der Waals surface area contributed by atoms with E-state index >= 15 is 0 Å². The second-order valence-electron chi connectivity index (χ2n) is 5.77. The molecule has 1 aromatic carbocycles. The lowest BCUT2D eigenvalue weighted by molar-refractivity contribution is -0.121. The van der Waals surface area contributed by atoms with Crippen molar-refractivity contribution in [2.75, 3.05) is 27.3 Å². The van der Waals surface area contributed by atoms with Gasteiger partial charge in [0.25, 0.3) is 0 Å². The minimum absolute atomic E-state index is 0.129. The number of nitrogens with zero attached hydrogens (tertiary/aromatic N) is 1. The quantitative estimate of drug-likeness (QED) is 0.818. The van der Waals surface area contributed by atoms with Crippen molar-refractivity contribution in [3.05, 3.63) is 22.2 Å². The number of carbonyl (C=O) groups is 1. The van der Waals surface area contributed by atoms with Crippen LogP contribution >= 0.6 is 15.9 Å². The number of benzene rings is 1. The third-order valence-electron chi connectivity index (χ3n) is 4.15. The molecule has 1 heterocycles. The topological polar surface area (TPSA) is 50.8 Å². The lowest BCUT2D eigenvalue weighted by atomic mass is 10.0. The van der Waals surface area contributed by atoms with E-state index in [0.29, 0.717) is 6.42 Å². The molecule has 128 valence electrons. The summed E-state index contributed by atoms with van der Waals surface area (Å²) in [6.07, 6.45) is 2.69. The van der Waals surface area contributed by atoms with Crippen molar-refractivity contribution in [2.24, 2.45) is 0 Å². The predicted molar refractivity (Wildman–Crippen MR) is 94.0 cm³/mol. The molecule has 0 bridgehead atoms. The van der Waals surface area contributed by atoms with E-state index in [1.54, 1.807) is 14.2 Å². The van der Waals surface area contributed by atoms with E-state index in [0.717, 1.165) is 54.0 Å². The lowest BCUT2D eigenvalue weighted by Gasteiger charge is -2.33. The minimum Gasteiger partial charge on any atom is -0.493 e. The second-order valence-corrected chi connectivity index (χ2v) is 6.56. The monoisotopic (exact) mass is 384 g/mol. The molecule has 23 heavy (non-hydrogen) atoms. The maximum Gasteiger partial charge on any atom is 0.219 e. The highest BCUT2D eigenvalue weighted by molar-refractivity contribution is 9.10. The van der Waals surface area contributed by atoms with E-state index < -0.39 is 0 Å². The van der Waals surface area contributed by atoms with Gasteiger partial charge in [0, 0.05) is 25.6 Å². The van der Waals surface area contributed by atoms with Gasteiger partial charge in [-0.1, -0.05) is 13.0 Å². The molecule has 0 saturated carbocycles. The molecule has 1 fully saturated rings. The summed E-state index contributed by atoms with van der Waals surface area (Å²) in [5.41, 5.74) is 1.16. The first-order chi connectivity index (χ1) is 11.1. The number of carbonyl (C=O) groups excluding carboxylic acids is 1. The van der Waals surface area contributed by atoms with Gasteiger partial charge in [0.1, 0.15) is 0 Å². The fourth-order valence-electron chi connectivity index (χ4n) is 2.94. The van der Waals surface area contributed by atoms with E-state index in [1.807, 2.05) is 13.0 Å². The van der Waals surface area contributed by atoms with E-state index in [4.69, 9.17) is 9.47 Å². The van der Waals surface area contributed by atoms with Crippen molar-refractivity contribution < 1.29 is 14.3 Å². The molecule has 1 aliphatic heterocycles. The molecule has 0 aromatic heterocycles. The fourth-order valence-corrected chi connectivity index (χ4v) is 3.55. The molecule has 1 aromatic rings. The lowest BCUT2D eigenvalue weighted by Crippen LogP contribution is -2.47. The summed E-state index contributed by atoms with van der Waals surface area (Å²) in [6, 6.07) is 4.23. The maximum atomic E-state index is 11.6. The highest BCUT2D eigenvalue weighted by Gasteiger charge is 2.22. The van der Waals surface area contributed by atoms with Gasteiger partial charge < -0.3 is 14.8 Å². The zero-order valence-electron chi connectivity index (χ0n) is 14.0. The Balaban J connectivity index is 2.05. The predicted octanol–water partition coefficient (Wildman–Crippen LogP) is 2.96. The standard InChI is InChI=1S/C17H25BrN2O3/c1-4-15(21)19-13-6-5-9-20(11-13)10-12-7-8-14(22-2)17(23-3)16(12)18/h7-8,13H,4-6,9-11H2,1-3H3,(H,19,21). The van der Waals surface area contributed by atoms with Crippen LogP contribution in [0.1, 0.15) is 31.7 Å². The zero-order valence-corrected chi connectivity index (χ0v) is 15.6. The van der Waals surface area contributed by atoms with E-state index in [1.165, 1.54) is 0 Å². The summed E-state index contributed by atoms with van der Waals surface area (Å²) in [5.74, 6) is 1.57. The number of ether oxygens (including phenoxy) is 2. The summed E-state index contributed by atoms with van der Waals surface area (Å²) in [5, 5.41) is 3.10. The van der Waals surface area contributed by atoms with Crippen molar-refractivity contribution in [1.82, 2.24) is 10.2 Å². The zero-order chi connectivity index (χ0) is 16.8. The molecule has 0 aliphatic carbocycles. The van der Waals surface area contributed by atoms with Gasteiger partial charge in [-0.15, -0.1) is 0 Å². The number of methoxy groups -OCH3 is 2. The van der Waals surface area contributed by atoms with Crippen molar-refractivity contribution in [3.8, 4) is 11.5 Å². The van der Waals surface area contributed by atoms with Crippen LogP contribution in [0, 0.1) is 0 Å². The molecule has 5 nitrogen and oxygen atoms in total. The van der Waals surface area contributed by atoms with Gasteiger partial charge in [-0.2, -0.15) is 0 Å². The van der Waals surface area contributed by atoms with Crippen molar-refractivity contribution >= 4 is 21.8 Å². The molecule has 0 radical (unpaired) electrons. The SMILES string of the molecule is CCC(=O)NC1CCCN(Cc2ccc(OC)c(OC)c2Br)C1. The number of rotatable bonds is 6. The van der Waals surface area contributed by atoms with Gasteiger partial charge in [0.2, 0.25) is 5.91 Å². The van der Waals surface area contributed by atoms with Crippen molar-refractivity contribution in [1.29, 1.82) is 0 Å². The molecule has 1 saturated heterocycles. The van der Waals surface area contributed by atoms with Crippen LogP contribution in [0.5, 0.6) is 11.5 Å². The Labute approximate surface area is 146 Å². The molecular weight excluding hydrogens is 360 g/mol. The summed E-state index contributed by atoms with van der Waals surface area (Å²) < 4.78 is 11.7. The number of likely N-dealkylation sites (tertiary alicyclic amines) is 1. The van der Waals surface area contributed by atoms with E-state index in [2.05, 4.69) is 32.2 Å². The third kappa shape index (κ3) is 4.61. The first kappa shape index (κ1) is 18.1. The maximum absolute atomic E-state index is 11.6. The van der Waals surface area contributed by atoms with Gasteiger partial charge in [0.05, 0.1) is 18.7 Å². The number of hydrogen-bond acceptors (Lipinski definition) is 4. The van der Waals surface area contributed by atoms with Crippen molar-refractivity contribution in [2.45, 2.75) is 38.8 Å². The van der Waals surface area contributed by atoms with Crippen LogP contribution in [0.3, 0.4) is 0 Å². The molecular formula is C17H25BrN2O3. The number of piperidine rings is 1. The van der Waals surface area contributed by atoms with Crippen LogP contribution in [0.25, 0.3) is 0 Å². The van der Waals surface area contributed by atoms with Crippen LogP contribution in [-0.4, -0.2) is 44.2 Å². The Morgan fingerprint density at radius 3 is 2.83 bits per heavy atom. The number of nitrogens with one attached hydrogen (secondary N) is 1. The summed E-state index contributed by atoms with van der Waals surface area (Å²) in [7, 11) is 3.28. The summed E-state index contributed by atoms with van der Waals surface area (Å²) in [4.78, 5) is 14.0. The van der Waals surface area contributed by atoms with Crippen LogP contribution in [0.2, 0.25) is 0 Å². The van der Waals surface area contributed by atoms with Gasteiger partial charge >= 0.3 is 0 Å². The Hall–Kier alpha value is -1.27. The molecule has 1 atom stereocenters. The number of amides is 1. The average molecular weight is 385 g/mol. The highest BCUT2D eigenvalue weighted by Crippen LogP contribution is 2.38. The Morgan fingerprint density at radius 2 is 2.17 bits per heavy atom. The Kier molecular flexibility index (Phi) is 6.72. The minimum atomic E-state index is 0.129. The first-order valence-electron chi connectivity index (χ1n) is 8.00. The van der Waals surface area contributed by atoms with Crippen LogP contribution in [-0.2, 0) is 11.3 Å².